The summed E-state index contributed by atoms with van der Waals surface area (Å²) in [5.74, 6) is 0.806. The SMILES string of the molecule is COc1ccc(N)c(Sc2cc(C)nn2C)c1. The van der Waals surface area contributed by atoms with Crippen LogP contribution in [0.2, 0.25) is 0 Å². The van der Waals surface area contributed by atoms with E-state index in [-0.39, 0.29) is 0 Å². The second kappa shape index (κ2) is 4.71. The van der Waals surface area contributed by atoms with Gasteiger partial charge in [0.25, 0.3) is 0 Å². The van der Waals surface area contributed by atoms with Crippen molar-refractivity contribution in [2.75, 3.05) is 12.8 Å². The quantitative estimate of drug-likeness (QED) is 0.849. The first-order valence-corrected chi connectivity index (χ1v) is 6.04. The van der Waals surface area contributed by atoms with E-state index in [2.05, 4.69) is 5.10 Å². The fraction of sp³-hybridized carbons (Fsp3) is 0.250. The molecule has 1 aromatic carbocycles. The topological polar surface area (TPSA) is 53.1 Å². The highest BCUT2D eigenvalue weighted by atomic mass is 32.2. The predicted molar refractivity (Wildman–Crippen MR) is 69.5 cm³/mol. The molecule has 0 aliphatic carbocycles. The van der Waals surface area contributed by atoms with E-state index in [1.54, 1.807) is 18.9 Å². The minimum atomic E-state index is 0.745. The average molecular weight is 249 g/mol. The van der Waals surface area contributed by atoms with Crippen molar-refractivity contribution in [3.63, 3.8) is 0 Å². The van der Waals surface area contributed by atoms with Gasteiger partial charge in [-0.1, -0.05) is 11.8 Å². The van der Waals surface area contributed by atoms with Gasteiger partial charge in [-0.05, 0) is 31.2 Å². The normalized spacial score (nSPS) is 10.5. The zero-order chi connectivity index (χ0) is 12.4. The molecule has 2 rings (SSSR count). The lowest BCUT2D eigenvalue weighted by Crippen LogP contribution is -1.94. The molecule has 0 unspecified atom stereocenters. The van der Waals surface area contributed by atoms with Crippen LogP contribution in [0.15, 0.2) is 34.2 Å². The van der Waals surface area contributed by atoms with Crippen molar-refractivity contribution in [2.24, 2.45) is 7.05 Å². The van der Waals surface area contributed by atoms with Gasteiger partial charge in [-0.2, -0.15) is 5.10 Å². The fourth-order valence-corrected chi connectivity index (χ4v) is 2.51. The van der Waals surface area contributed by atoms with Crippen molar-refractivity contribution in [1.29, 1.82) is 0 Å². The summed E-state index contributed by atoms with van der Waals surface area (Å²) in [5, 5.41) is 5.36. The minimum Gasteiger partial charge on any atom is -0.497 e. The molecule has 0 saturated carbocycles. The van der Waals surface area contributed by atoms with Gasteiger partial charge in [-0.25, -0.2) is 0 Å². The van der Waals surface area contributed by atoms with E-state index in [0.29, 0.717) is 0 Å². The lowest BCUT2D eigenvalue weighted by Gasteiger charge is -2.07. The van der Waals surface area contributed by atoms with Gasteiger partial charge < -0.3 is 10.5 Å². The standard InChI is InChI=1S/C12H15N3OS/c1-8-6-12(15(2)14-8)17-11-7-9(16-3)4-5-10(11)13/h4-7H,13H2,1-3H3. The van der Waals surface area contributed by atoms with Crippen LogP contribution in [0, 0.1) is 6.92 Å². The molecule has 0 radical (unpaired) electrons. The Morgan fingerprint density at radius 3 is 2.71 bits per heavy atom. The van der Waals surface area contributed by atoms with E-state index in [1.807, 2.05) is 42.9 Å². The summed E-state index contributed by atoms with van der Waals surface area (Å²) < 4.78 is 7.04. The Hall–Kier alpha value is -1.62. The van der Waals surface area contributed by atoms with E-state index < -0.39 is 0 Å². The number of aromatic nitrogens is 2. The van der Waals surface area contributed by atoms with Gasteiger partial charge in [-0.15, -0.1) is 0 Å². The number of ether oxygens (including phenoxy) is 1. The molecule has 1 heterocycles. The van der Waals surface area contributed by atoms with Gasteiger partial charge in [0.15, 0.2) is 0 Å². The smallest absolute Gasteiger partial charge is 0.120 e. The Morgan fingerprint density at radius 1 is 1.35 bits per heavy atom. The van der Waals surface area contributed by atoms with E-state index in [4.69, 9.17) is 10.5 Å². The molecule has 4 nitrogen and oxygen atoms in total. The summed E-state index contributed by atoms with van der Waals surface area (Å²) in [6.07, 6.45) is 0. The first-order valence-electron chi connectivity index (χ1n) is 5.22. The van der Waals surface area contributed by atoms with Crippen LogP contribution in [0.1, 0.15) is 5.69 Å². The third-order valence-electron chi connectivity index (χ3n) is 2.39. The maximum atomic E-state index is 5.94. The number of aryl methyl sites for hydroxylation is 2. The summed E-state index contributed by atoms with van der Waals surface area (Å²) >= 11 is 1.59. The monoisotopic (exact) mass is 249 g/mol. The van der Waals surface area contributed by atoms with Crippen LogP contribution < -0.4 is 10.5 Å². The highest BCUT2D eigenvalue weighted by Crippen LogP contribution is 2.34. The number of hydrogen-bond donors (Lipinski definition) is 1. The second-order valence-corrected chi connectivity index (χ2v) is 4.82. The number of benzene rings is 1. The van der Waals surface area contributed by atoms with Gasteiger partial charge >= 0.3 is 0 Å². The molecule has 0 aliphatic rings. The highest BCUT2D eigenvalue weighted by molar-refractivity contribution is 7.99. The fourth-order valence-electron chi connectivity index (χ4n) is 1.53. The Bertz CT molecular complexity index is 537. The molecule has 2 aromatic rings. The van der Waals surface area contributed by atoms with Gasteiger partial charge in [0.05, 0.1) is 17.8 Å². The van der Waals surface area contributed by atoms with Gasteiger partial charge in [0.1, 0.15) is 5.75 Å². The number of anilines is 1. The number of hydrogen-bond acceptors (Lipinski definition) is 4. The molecule has 0 bridgehead atoms. The summed E-state index contributed by atoms with van der Waals surface area (Å²) in [7, 11) is 3.57. The number of nitrogens with zero attached hydrogens (tertiary/aromatic N) is 2. The van der Waals surface area contributed by atoms with Crippen molar-refractivity contribution < 1.29 is 4.74 Å². The second-order valence-electron chi connectivity index (χ2n) is 3.75. The number of methoxy groups -OCH3 is 1. The van der Waals surface area contributed by atoms with Crippen LogP contribution in [0.25, 0.3) is 0 Å². The molecule has 0 atom stereocenters. The number of nitrogens with two attached hydrogens (primary N) is 1. The zero-order valence-electron chi connectivity index (χ0n) is 10.1. The molecular formula is C12H15N3OS. The van der Waals surface area contributed by atoms with Crippen molar-refractivity contribution in [3.05, 3.63) is 30.0 Å². The first-order chi connectivity index (χ1) is 8.10. The Kier molecular flexibility index (Phi) is 3.28. The summed E-state index contributed by atoms with van der Waals surface area (Å²) in [4.78, 5) is 0.979. The molecule has 0 saturated heterocycles. The van der Waals surface area contributed by atoms with Gasteiger partial charge in [0.2, 0.25) is 0 Å². The van der Waals surface area contributed by atoms with Crippen LogP contribution in [-0.4, -0.2) is 16.9 Å². The molecule has 1 aromatic heterocycles. The lowest BCUT2D eigenvalue weighted by molar-refractivity contribution is 0.414. The van der Waals surface area contributed by atoms with E-state index in [1.165, 1.54) is 0 Å². The average Bonchev–Trinajstić information content (AvgIpc) is 2.60. The predicted octanol–water partition coefficient (Wildman–Crippen LogP) is 2.47. The van der Waals surface area contributed by atoms with Crippen molar-refractivity contribution in [3.8, 4) is 5.75 Å². The third-order valence-corrected chi connectivity index (χ3v) is 3.56. The molecule has 0 aliphatic heterocycles. The van der Waals surface area contributed by atoms with E-state index in [0.717, 1.165) is 27.1 Å². The van der Waals surface area contributed by atoms with Crippen molar-refractivity contribution >= 4 is 17.4 Å². The molecule has 0 spiro atoms. The Labute approximate surface area is 105 Å². The number of rotatable bonds is 3. The van der Waals surface area contributed by atoms with Crippen LogP contribution in [0.5, 0.6) is 5.75 Å². The summed E-state index contributed by atoms with van der Waals surface area (Å²) in [5.41, 5.74) is 7.68. The summed E-state index contributed by atoms with van der Waals surface area (Å²) in [6, 6.07) is 7.67. The van der Waals surface area contributed by atoms with Crippen molar-refractivity contribution in [1.82, 2.24) is 9.78 Å². The molecule has 17 heavy (non-hydrogen) atoms. The Morgan fingerprint density at radius 2 is 2.12 bits per heavy atom. The molecular weight excluding hydrogens is 234 g/mol. The maximum Gasteiger partial charge on any atom is 0.120 e. The summed E-state index contributed by atoms with van der Waals surface area (Å²) in [6.45, 7) is 1.97. The highest BCUT2D eigenvalue weighted by Gasteiger charge is 2.08. The molecule has 5 heteroatoms. The molecule has 2 N–H and O–H groups in total. The van der Waals surface area contributed by atoms with Gasteiger partial charge in [0, 0.05) is 17.6 Å². The third kappa shape index (κ3) is 2.55. The Balaban J connectivity index is 2.32. The van der Waals surface area contributed by atoms with Crippen LogP contribution in [-0.2, 0) is 7.05 Å². The molecule has 0 fully saturated rings. The maximum absolute atomic E-state index is 5.94. The molecule has 90 valence electrons. The van der Waals surface area contributed by atoms with Crippen molar-refractivity contribution in [2.45, 2.75) is 16.8 Å². The molecule has 0 amide bonds. The van der Waals surface area contributed by atoms with Crippen LogP contribution >= 0.6 is 11.8 Å². The lowest BCUT2D eigenvalue weighted by atomic mass is 10.3. The van der Waals surface area contributed by atoms with E-state index in [9.17, 15) is 0 Å². The van der Waals surface area contributed by atoms with Crippen LogP contribution in [0.3, 0.4) is 0 Å². The van der Waals surface area contributed by atoms with Gasteiger partial charge in [-0.3, -0.25) is 4.68 Å². The van der Waals surface area contributed by atoms with Crippen LogP contribution in [0.4, 0.5) is 5.69 Å². The number of nitrogen functional groups attached to an aromatic ring is 1. The minimum absolute atomic E-state index is 0.745. The van der Waals surface area contributed by atoms with E-state index >= 15 is 0 Å². The first kappa shape index (κ1) is 11.9. The zero-order valence-corrected chi connectivity index (χ0v) is 10.9. The largest absolute Gasteiger partial charge is 0.497 e.